The number of halogens is 1. The first kappa shape index (κ1) is 13.4. The predicted octanol–water partition coefficient (Wildman–Crippen LogP) is 3.25. The molecule has 0 aliphatic heterocycles. The summed E-state index contributed by atoms with van der Waals surface area (Å²) >= 11 is 5.82. The molecule has 0 radical (unpaired) electrons. The highest BCUT2D eigenvalue weighted by Crippen LogP contribution is 2.21. The molecule has 0 fully saturated rings. The van der Waals surface area contributed by atoms with Crippen molar-refractivity contribution in [3.05, 3.63) is 28.8 Å². The Balaban J connectivity index is 2.60. The molecule has 0 aliphatic rings. The van der Waals surface area contributed by atoms with Gasteiger partial charge in [0.2, 0.25) is 0 Å². The number of anilines is 1. The molecular weight excluding hydrogens is 238 g/mol. The van der Waals surface area contributed by atoms with Gasteiger partial charge >= 0.3 is 5.97 Å². The van der Waals surface area contributed by atoms with Crippen molar-refractivity contribution in [2.24, 2.45) is 0 Å². The lowest BCUT2D eigenvalue weighted by molar-refractivity contribution is 0.0698. The number of aromatic carboxylic acids is 1. The van der Waals surface area contributed by atoms with Crippen molar-refractivity contribution in [1.82, 2.24) is 0 Å². The van der Waals surface area contributed by atoms with Gasteiger partial charge in [0, 0.05) is 18.0 Å². The minimum Gasteiger partial charge on any atom is -0.478 e. The molecule has 0 heterocycles. The maximum absolute atomic E-state index is 11.0. The number of terminal acetylenes is 1. The van der Waals surface area contributed by atoms with Gasteiger partial charge in [0.05, 0.1) is 11.3 Å². The van der Waals surface area contributed by atoms with Gasteiger partial charge in [0.15, 0.2) is 0 Å². The van der Waals surface area contributed by atoms with Crippen LogP contribution < -0.4 is 5.32 Å². The summed E-state index contributed by atoms with van der Waals surface area (Å²) < 4.78 is 0. The van der Waals surface area contributed by atoms with E-state index in [9.17, 15) is 4.79 Å². The lowest BCUT2D eigenvalue weighted by Gasteiger charge is -2.09. The van der Waals surface area contributed by atoms with E-state index in [1.807, 2.05) is 0 Å². The van der Waals surface area contributed by atoms with Gasteiger partial charge in [-0.05, 0) is 31.0 Å². The Labute approximate surface area is 106 Å². The Kier molecular flexibility index (Phi) is 5.38. The summed E-state index contributed by atoms with van der Waals surface area (Å²) in [6.45, 7) is 0.683. The van der Waals surface area contributed by atoms with Crippen LogP contribution in [-0.4, -0.2) is 17.6 Å². The van der Waals surface area contributed by atoms with Crippen LogP contribution in [0, 0.1) is 12.3 Å². The minimum absolute atomic E-state index is 0.228. The molecule has 3 nitrogen and oxygen atoms in total. The number of rotatable bonds is 6. The van der Waals surface area contributed by atoms with E-state index in [1.165, 1.54) is 6.07 Å². The van der Waals surface area contributed by atoms with E-state index in [-0.39, 0.29) is 5.56 Å². The third-order valence-electron chi connectivity index (χ3n) is 2.28. The molecule has 0 saturated heterocycles. The van der Waals surface area contributed by atoms with Crippen molar-refractivity contribution in [3.63, 3.8) is 0 Å². The van der Waals surface area contributed by atoms with Gasteiger partial charge in [-0.25, -0.2) is 4.79 Å². The van der Waals surface area contributed by atoms with E-state index in [4.69, 9.17) is 23.1 Å². The SMILES string of the molecule is C#CCCCCNc1cc(Cl)ccc1C(=O)O. The molecule has 0 unspecified atom stereocenters. The molecule has 90 valence electrons. The smallest absolute Gasteiger partial charge is 0.337 e. The molecular formula is C13H14ClNO2. The van der Waals surface area contributed by atoms with Gasteiger partial charge in [0.25, 0.3) is 0 Å². The maximum atomic E-state index is 11.0. The van der Waals surface area contributed by atoms with Gasteiger partial charge in [-0.3, -0.25) is 0 Å². The number of nitrogens with one attached hydrogen (secondary N) is 1. The number of carboxylic acid groups (broad SMARTS) is 1. The van der Waals surface area contributed by atoms with Crippen LogP contribution in [0.25, 0.3) is 0 Å². The van der Waals surface area contributed by atoms with Gasteiger partial charge in [0.1, 0.15) is 0 Å². The lowest BCUT2D eigenvalue weighted by Crippen LogP contribution is -2.07. The second-order valence-corrected chi connectivity index (χ2v) is 4.02. The van der Waals surface area contributed by atoms with E-state index < -0.39 is 5.97 Å². The standard InChI is InChI=1S/C13H14ClNO2/c1-2-3-4-5-8-15-12-9-10(14)6-7-11(12)13(16)17/h1,6-7,9,15H,3-5,8H2,(H,16,17). The zero-order chi connectivity index (χ0) is 12.7. The third kappa shape index (κ3) is 4.38. The number of carboxylic acids is 1. The average molecular weight is 252 g/mol. The summed E-state index contributed by atoms with van der Waals surface area (Å²) in [4.78, 5) is 11.0. The topological polar surface area (TPSA) is 49.3 Å². The quantitative estimate of drug-likeness (QED) is 0.603. The molecule has 4 heteroatoms. The van der Waals surface area contributed by atoms with Crippen LogP contribution in [0.1, 0.15) is 29.6 Å². The van der Waals surface area contributed by atoms with E-state index in [0.29, 0.717) is 17.3 Å². The average Bonchev–Trinajstić information content (AvgIpc) is 2.28. The normalized spacial score (nSPS) is 9.65. The molecule has 0 saturated carbocycles. The van der Waals surface area contributed by atoms with Gasteiger partial charge in [-0.2, -0.15) is 0 Å². The third-order valence-corrected chi connectivity index (χ3v) is 2.51. The number of benzene rings is 1. The fourth-order valence-electron chi connectivity index (χ4n) is 1.42. The van der Waals surface area contributed by atoms with E-state index in [1.54, 1.807) is 12.1 Å². The maximum Gasteiger partial charge on any atom is 0.337 e. The van der Waals surface area contributed by atoms with Crippen LogP contribution in [0.3, 0.4) is 0 Å². The van der Waals surface area contributed by atoms with Crippen LogP contribution in [-0.2, 0) is 0 Å². The van der Waals surface area contributed by atoms with Crippen molar-refractivity contribution in [3.8, 4) is 12.3 Å². The molecule has 0 amide bonds. The van der Waals surface area contributed by atoms with Crippen molar-refractivity contribution >= 4 is 23.3 Å². The van der Waals surface area contributed by atoms with Gasteiger partial charge in [-0.15, -0.1) is 12.3 Å². The number of carbonyl (C=O) groups is 1. The van der Waals surface area contributed by atoms with Crippen molar-refractivity contribution in [2.45, 2.75) is 19.3 Å². The zero-order valence-electron chi connectivity index (χ0n) is 9.37. The molecule has 2 N–H and O–H groups in total. The summed E-state index contributed by atoms with van der Waals surface area (Å²) in [5.74, 6) is 1.60. The minimum atomic E-state index is -0.965. The number of hydrogen-bond donors (Lipinski definition) is 2. The summed E-state index contributed by atoms with van der Waals surface area (Å²) in [6, 6.07) is 4.68. The highest BCUT2D eigenvalue weighted by Gasteiger charge is 2.09. The first-order valence-corrected chi connectivity index (χ1v) is 5.73. The molecule has 17 heavy (non-hydrogen) atoms. The van der Waals surface area contributed by atoms with Crippen LogP contribution in [0.5, 0.6) is 0 Å². The number of hydrogen-bond acceptors (Lipinski definition) is 2. The molecule has 0 bridgehead atoms. The fourth-order valence-corrected chi connectivity index (χ4v) is 1.60. The Bertz CT molecular complexity index is 438. The number of unbranched alkanes of at least 4 members (excludes halogenated alkanes) is 2. The molecule has 1 rings (SSSR count). The Morgan fingerprint density at radius 1 is 1.47 bits per heavy atom. The molecule has 0 aliphatic carbocycles. The first-order valence-electron chi connectivity index (χ1n) is 5.35. The Morgan fingerprint density at radius 3 is 2.88 bits per heavy atom. The lowest BCUT2D eigenvalue weighted by atomic mass is 10.1. The summed E-state index contributed by atoms with van der Waals surface area (Å²) in [6.07, 6.45) is 7.70. The fraction of sp³-hybridized carbons (Fsp3) is 0.308. The largest absolute Gasteiger partial charge is 0.478 e. The predicted molar refractivity (Wildman–Crippen MR) is 69.6 cm³/mol. The molecule has 0 aromatic heterocycles. The van der Waals surface area contributed by atoms with Gasteiger partial charge < -0.3 is 10.4 Å². The highest BCUT2D eigenvalue weighted by atomic mass is 35.5. The van der Waals surface area contributed by atoms with Crippen LogP contribution >= 0.6 is 11.6 Å². The molecule has 1 aromatic carbocycles. The Morgan fingerprint density at radius 2 is 2.24 bits per heavy atom. The summed E-state index contributed by atoms with van der Waals surface area (Å²) in [7, 11) is 0. The zero-order valence-corrected chi connectivity index (χ0v) is 10.1. The van der Waals surface area contributed by atoms with Crippen molar-refractivity contribution in [1.29, 1.82) is 0 Å². The highest BCUT2D eigenvalue weighted by molar-refractivity contribution is 6.31. The molecule has 1 aromatic rings. The van der Waals surface area contributed by atoms with Crippen molar-refractivity contribution in [2.75, 3.05) is 11.9 Å². The van der Waals surface area contributed by atoms with Crippen LogP contribution in [0.2, 0.25) is 5.02 Å². The molecule has 0 atom stereocenters. The van der Waals surface area contributed by atoms with E-state index in [0.717, 1.165) is 19.3 Å². The second-order valence-electron chi connectivity index (χ2n) is 3.58. The van der Waals surface area contributed by atoms with E-state index >= 15 is 0 Å². The first-order chi connectivity index (χ1) is 8.15. The van der Waals surface area contributed by atoms with E-state index in [2.05, 4.69) is 11.2 Å². The van der Waals surface area contributed by atoms with Crippen LogP contribution in [0.15, 0.2) is 18.2 Å². The Hall–Kier alpha value is -1.66. The van der Waals surface area contributed by atoms with Crippen molar-refractivity contribution < 1.29 is 9.90 Å². The summed E-state index contributed by atoms with van der Waals surface area (Å²) in [5, 5.41) is 12.6. The monoisotopic (exact) mass is 251 g/mol. The second kappa shape index (κ2) is 6.82. The summed E-state index contributed by atoms with van der Waals surface area (Å²) in [5.41, 5.74) is 0.775. The van der Waals surface area contributed by atoms with Crippen LogP contribution in [0.4, 0.5) is 5.69 Å². The van der Waals surface area contributed by atoms with Gasteiger partial charge in [-0.1, -0.05) is 11.6 Å². The molecule has 0 spiro atoms.